The number of fused-ring (bicyclic) bond motifs is 1. The molecule has 0 spiro atoms. The fraction of sp³-hybridized carbons (Fsp3) is 0.385. The quantitative estimate of drug-likeness (QED) is 0.878. The van der Waals surface area contributed by atoms with Gasteiger partial charge in [-0.3, -0.25) is 4.31 Å². The number of hydrogen-bond donors (Lipinski definition) is 1. The molecule has 0 fully saturated rings. The maximum Gasteiger partial charge on any atom is 0.434 e. The van der Waals surface area contributed by atoms with Crippen LogP contribution < -0.4 is 14.8 Å². The van der Waals surface area contributed by atoms with Crippen LogP contribution in [0.1, 0.15) is 12.3 Å². The Morgan fingerprint density at radius 1 is 1.41 bits per heavy atom. The molecule has 1 aromatic heterocycles. The van der Waals surface area contributed by atoms with Gasteiger partial charge in [0.1, 0.15) is 11.9 Å². The van der Waals surface area contributed by atoms with Crippen molar-refractivity contribution in [2.24, 2.45) is 0 Å². The Kier molecular flexibility index (Phi) is 3.65. The van der Waals surface area contributed by atoms with Gasteiger partial charge in [-0.05, 0) is 18.6 Å². The number of aromatic amines is 1. The summed E-state index contributed by atoms with van der Waals surface area (Å²) in [5, 5.41) is 5.91. The highest BCUT2D eigenvalue weighted by Gasteiger charge is 2.30. The van der Waals surface area contributed by atoms with E-state index in [1.54, 1.807) is 24.3 Å². The van der Waals surface area contributed by atoms with Crippen LogP contribution in [0.3, 0.4) is 0 Å². The number of H-pyrrole nitrogens is 1. The van der Waals surface area contributed by atoms with Crippen LogP contribution >= 0.6 is 0 Å². The van der Waals surface area contributed by atoms with Crippen molar-refractivity contribution in [2.75, 3.05) is 17.1 Å². The van der Waals surface area contributed by atoms with Crippen LogP contribution in [0.2, 0.25) is 0 Å². The highest BCUT2D eigenvalue weighted by molar-refractivity contribution is 7.92. The topological polar surface area (TPSA) is 106 Å². The molecule has 0 saturated carbocycles. The minimum absolute atomic E-state index is 0.213. The number of sulfonamides is 1. The van der Waals surface area contributed by atoms with Crippen molar-refractivity contribution in [3.8, 4) is 5.75 Å². The van der Waals surface area contributed by atoms with E-state index in [0.29, 0.717) is 24.3 Å². The average molecular weight is 325 g/mol. The zero-order valence-corrected chi connectivity index (χ0v) is 12.7. The molecule has 0 amide bonds. The molecule has 118 valence electrons. The van der Waals surface area contributed by atoms with Crippen LogP contribution in [0.15, 0.2) is 33.5 Å². The average Bonchev–Trinajstić information content (AvgIpc) is 2.89. The Hall–Kier alpha value is -2.29. The van der Waals surface area contributed by atoms with Crippen molar-refractivity contribution in [1.82, 2.24) is 10.2 Å². The number of benzene rings is 1. The third-order valence-corrected chi connectivity index (χ3v) is 4.51. The van der Waals surface area contributed by atoms with Gasteiger partial charge in [0.05, 0.1) is 18.5 Å². The molecule has 0 unspecified atom stereocenters. The summed E-state index contributed by atoms with van der Waals surface area (Å²) in [5.41, 5.74) is 0.535. The minimum Gasteiger partial charge on any atom is -0.486 e. The van der Waals surface area contributed by atoms with Crippen molar-refractivity contribution in [1.29, 1.82) is 0 Å². The standard InChI is InChI=1S/C13H15N3O5S/c1-22(18,19)16-8-9(6-7-12-14-15-13(17)21-12)20-11-5-3-2-4-10(11)16/h2-5,9H,6-8H2,1H3,(H,15,17)/t9-/m0/s1. The summed E-state index contributed by atoms with van der Waals surface area (Å²) in [5.74, 6) is 0.189. The Morgan fingerprint density at radius 3 is 2.86 bits per heavy atom. The number of anilines is 1. The molecular formula is C13H15N3O5S. The van der Waals surface area contributed by atoms with Crippen LogP contribution in [-0.4, -0.2) is 37.5 Å². The molecule has 2 heterocycles. The Morgan fingerprint density at radius 2 is 2.18 bits per heavy atom. The highest BCUT2D eigenvalue weighted by atomic mass is 32.2. The van der Waals surface area contributed by atoms with E-state index in [4.69, 9.17) is 9.15 Å². The molecule has 1 aromatic carbocycles. The molecule has 1 atom stereocenters. The first-order valence-electron chi connectivity index (χ1n) is 6.71. The predicted molar refractivity (Wildman–Crippen MR) is 78.5 cm³/mol. The molecule has 1 aliphatic rings. The van der Waals surface area contributed by atoms with Gasteiger partial charge >= 0.3 is 5.76 Å². The van der Waals surface area contributed by atoms with Gasteiger partial charge < -0.3 is 9.15 Å². The van der Waals surface area contributed by atoms with Crippen molar-refractivity contribution in [3.63, 3.8) is 0 Å². The predicted octanol–water partition coefficient (Wildman–Crippen LogP) is 0.523. The SMILES string of the molecule is CS(=O)(=O)N1C[C@H](CCc2n[nH]c(=O)o2)Oc2ccccc21. The normalized spacial score (nSPS) is 17.9. The van der Waals surface area contributed by atoms with Crippen LogP contribution in [0, 0.1) is 0 Å². The Balaban J connectivity index is 1.79. The van der Waals surface area contributed by atoms with Gasteiger partial charge in [-0.25, -0.2) is 18.3 Å². The van der Waals surface area contributed by atoms with E-state index in [9.17, 15) is 13.2 Å². The summed E-state index contributed by atoms with van der Waals surface area (Å²) in [6.07, 6.45) is 1.68. The number of nitrogens with zero attached hydrogens (tertiary/aromatic N) is 2. The van der Waals surface area contributed by atoms with Gasteiger partial charge in [-0.1, -0.05) is 12.1 Å². The molecule has 8 nitrogen and oxygen atoms in total. The van der Waals surface area contributed by atoms with Crippen LogP contribution in [-0.2, 0) is 16.4 Å². The van der Waals surface area contributed by atoms with Crippen molar-refractivity contribution >= 4 is 15.7 Å². The Bertz CT molecular complexity index is 826. The molecule has 2 aromatic rings. The minimum atomic E-state index is -3.39. The summed E-state index contributed by atoms with van der Waals surface area (Å²) in [6.45, 7) is 0.213. The van der Waals surface area contributed by atoms with Gasteiger partial charge in [-0.2, -0.15) is 0 Å². The van der Waals surface area contributed by atoms with Crippen molar-refractivity contribution < 1.29 is 17.6 Å². The smallest absolute Gasteiger partial charge is 0.434 e. The molecule has 0 aliphatic carbocycles. The Labute approximate surface area is 126 Å². The number of nitrogens with one attached hydrogen (secondary N) is 1. The lowest BCUT2D eigenvalue weighted by atomic mass is 10.1. The summed E-state index contributed by atoms with van der Waals surface area (Å²) < 4.78 is 35.9. The van der Waals surface area contributed by atoms with Gasteiger partial charge in [0.25, 0.3) is 0 Å². The second-order valence-corrected chi connectivity index (χ2v) is 6.95. The fourth-order valence-electron chi connectivity index (χ4n) is 2.38. The van der Waals surface area contributed by atoms with E-state index >= 15 is 0 Å². The molecule has 9 heteroatoms. The lowest BCUT2D eigenvalue weighted by molar-refractivity contribution is 0.187. The van der Waals surface area contributed by atoms with Crippen LogP contribution in [0.25, 0.3) is 0 Å². The molecule has 22 heavy (non-hydrogen) atoms. The molecule has 3 rings (SSSR count). The van der Waals surface area contributed by atoms with Gasteiger partial charge in [0.15, 0.2) is 0 Å². The largest absolute Gasteiger partial charge is 0.486 e. The summed E-state index contributed by atoms with van der Waals surface area (Å²) in [4.78, 5) is 10.9. The zero-order chi connectivity index (χ0) is 15.7. The van der Waals surface area contributed by atoms with Crippen LogP contribution in [0.4, 0.5) is 5.69 Å². The van der Waals surface area contributed by atoms with Gasteiger partial charge in [0.2, 0.25) is 15.9 Å². The van der Waals surface area contributed by atoms with Crippen LogP contribution in [0.5, 0.6) is 5.75 Å². The first-order chi connectivity index (χ1) is 10.4. The first-order valence-corrected chi connectivity index (χ1v) is 8.56. The number of ether oxygens (including phenoxy) is 1. The second kappa shape index (κ2) is 5.48. The third kappa shape index (κ3) is 2.98. The lowest BCUT2D eigenvalue weighted by Gasteiger charge is -2.34. The number of para-hydroxylation sites is 2. The van der Waals surface area contributed by atoms with Crippen molar-refractivity contribution in [3.05, 3.63) is 40.7 Å². The number of aryl methyl sites for hydroxylation is 1. The van der Waals surface area contributed by atoms with E-state index in [-0.39, 0.29) is 18.5 Å². The number of aromatic nitrogens is 2. The maximum absolute atomic E-state index is 12.0. The molecule has 0 bridgehead atoms. The number of rotatable bonds is 4. The molecule has 0 radical (unpaired) electrons. The van der Waals surface area contributed by atoms with E-state index < -0.39 is 15.8 Å². The van der Waals surface area contributed by atoms with E-state index in [2.05, 4.69) is 10.2 Å². The number of hydrogen-bond acceptors (Lipinski definition) is 6. The van der Waals surface area contributed by atoms with Crippen molar-refractivity contribution in [2.45, 2.75) is 18.9 Å². The summed E-state index contributed by atoms with van der Waals surface area (Å²) in [6, 6.07) is 6.99. The lowest BCUT2D eigenvalue weighted by Crippen LogP contribution is -2.43. The van der Waals surface area contributed by atoms with E-state index in [0.717, 1.165) is 0 Å². The fourth-order valence-corrected chi connectivity index (χ4v) is 3.32. The second-order valence-electron chi connectivity index (χ2n) is 5.05. The monoisotopic (exact) mass is 325 g/mol. The van der Waals surface area contributed by atoms with E-state index in [1.165, 1.54) is 10.6 Å². The maximum atomic E-state index is 12.0. The zero-order valence-electron chi connectivity index (χ0n) is 11.9. The third-order valence-electron chi connectivity index (χ3n) is 3.36. The van der Waals surface area contributed by atoms with E-state index in [1.807, 2.05) is 0 Å². The molecule has 1 aliphatic heterocycles. The molecule has 1 N–H and O–H groups in total. The molecule has 0 saturated heterocycles. The first kappa shape index (κ1) is 14.6. The molecular weight excluding hydrogens is 310 g/mol. The summed E-state index contributed by atoms with van der Waals surface area (Å²) >= 11 is 0. The summed E-state index contributed by atoms with van der Waals surface area (Å²) in [7, 11) is -3.39. The van der Waals surface area contributed by atoms with Gasteiger partial charge in [0, 0.05) is 6.42 Å². The van der Waals surface area contributed by atoms with Gasteiger partial charge in [-0.15, -0.1) is 5.10 Å². The highest BCUT2D eigenvalue weighted by Crippen LogP contribution is 2.35.